The highest BCUT2D eigenvalue weighted by atomic mass is 16.3. The van der Waals surface area contributed by atoms with Crippen LogP contribution in [0.1, 0.15) is 0 Å². The van der Waals surface area contributed by atoms with E-state index in [0.29, 0.717) is 17.1 Å². The van der Waals surface area contributed by atoms with E-state index in [-0.39, 0.29) is 0 Å². The van der Waals surface area contributed by atoms with Gasteiger partial charge >= 0.3 is 0 Å². The first-order valence-electron chi connectivity index (χ1n) is 19.3. The molecular formula is C52H28N2O4. The van der Waals surface area contributed by atoms with Crippen molar-refractivity contribution in [2.45, 2.75) is 0 Å². The quantitative estimate of drug-likeness (QED) is 0.179. The molecule has 270 valence electrons. The van der Waals surface area contributed by atoms with Crippen LogP contribution in [0.2, 0.25) is 0 Å². The second kappa shape index (κ2) is 11.8. The lowest BCUT2D eigenvalue weighted by Gasteiger charge is -2.08. The van der Waals surface area contributed by atoms with Crippen molar-refractivity contribution >= 4 is 87.9 Å². The fourth-order valence-electron chi connectivity index (χ4n) is 8.83. The molecule has 0 atom stereocenters. The van der Waals surface area contributed by atoms with E-state index in [1.807, 2.05) is 72.8 Å². The largest absolute Gasteiger partial charge is 0.456 e. The summed E-state index contributed by atoms with van der Waals surface area (Å²) < 4.78 is 25.8. The summed E-state index contributed by atoms with van der Waals surface area (Å²) in [5, 5.41) is 7.18. The summed E-state index contributed by atoms with van der Waals surface area (Å²) in [5.41, 5.74) is 13.9. The van der Waals surface area contributed by atoms with Gasteiger partial charge in [0.1, 0.15) is 50.3 Å². The lowest BCUT2D eigenvalue weighted by molar-refractivity contribution is 0.667. The Balaban J connectivity index is 1.01. The van der Waals surface area contributed by atoms with Gasteiger partial charge < -0.3 is 17.7 Å². The van der Waals surface area contributed by atoms with Gasteiger partial charge in [-0.15, -0.1) is 0 Å². The topological polar surface area (TPSA) is 78.3 Å². The Bertz CT molecular complexity index is 3810. The maximum absolute atomic E-state index is 6.75. The Morgan fingerprint density at radius 3 is 1.69 bits per heavy atom. The fraction of sp³-hybridized carbons (Fsp3) is 0. The molecule has 0 N–H and O–H groups in total. The third-order valence-electron chi connectivity index (χ3n) is 11.5. The van der Waals surface area contributed by atoms with E-state index in [9.17, 15) is 0 Å². The van der Waals surface area contributed by atoms with Gasteiger partial charge in [0.2, 0.25) is 0 Å². The molecule has 6 heteroatoms. The van der Waals surface area contributed by atoms with Crippen LogP contribution in [0.25, 0.3) is 133 Å². The molecule has 6 nitrogen and oxygen atoms in total. The summed E-state index contributed by atoms with van der Waals surface area (Å²) in [5.74, 6) is 0.573. The smallest absolute Gasteiger partial charge is 0.180 e. The molecule has 0 bridgehead atoms. The van der Waals surface area contributed by atoms with Crippen molar-refractivity contribution in [1.29, 1.82) is 0 Å². The lowest BCUT2D eigenvalue weighted by Crippen LogP contribution is -1.94. The highest BCUT2D eigenvalue weighted by Crippen LogP contribution is 2.43. The molecule has 58 heavy (non-hydrogen) atoms. The number of aromatic nitrogens is 2. The van der Waals surface area contributed by atoms with Crippen LogP contribution in [0.15, 0.2) is 188 Å². The van der Waals surface area contributed by atoms with Crippen LogP contribution in [0.5, 0.6) is 0 Å². The molecule has 0 fully saturated rings. The van der Waals surface area contributed by atoms with Gasteiger partial charge in [-0.1, -0.05) is 109 Å². The molecule has 0 saturated heterocycles. The first-order valence-corrected chi connectivity index (χ1v) is 19.3. The first kappa shape index (κ1) is 31.3. The molecule has 0 aliphatic rings. The zero-order valence-electron chi connectivity index (χ0n) is 30.7. The van der Waals surface area contributed by atoms with Gasteiger partial charge in [0.05, 0.1) is 0 Å². The third kappa shape index (κ3) is 4.54. The lowest BCUT2D eigenvalue weighted by atomic mass is 9.98. The fourth-order valence-corrected chi connectivity index (χ4v) is 8.83. The summed E-state index contributed by atoms with van der Waals surface area (Å²) in [4.78, 5) is 10.6. The minimum Gasteiger partial charge on any atom is -0.456 e. The Morgan fingerprint density at radius 2 is 0.897 bits per heavy atom. The summed E-state index contributed by atoms with van der Waals surface area (Å²) in [6.07, 6.45) is 0. The Hall–Kier alpha value is -7.96. The predicted molar refractivity (Wildman–Crippen MR) is 233 cm³/mol. The van der Waals surface area contributed by atoms with Crippen molar-refractivity contribution in [2.24, 2.45) is 0 Å². The van der Waals surface area contributed by atoms with Crippen molar-refractivity contribution in [3.63, 3.8) is 0 Å². The van der Waals surface area contributed by atoms with Crippen molar-refractivity contribution in [1.82, 2.24) is 9.97 Å². The number of nitrogens with zero attached hydrogens (tertiary/aromatic N) is 2. The van der Waals surface area contributed by atoms with Gasteiger partial charge in [0.25, 0.3) is 0 Å². The average molecular weight is 745 g/mol. The van der Waals surface area contributed by atoms with E-state index in [0.717, 1.165) is 116 Å². The number of benzene rings is 8. The first-order chi connectivity index (χ1) is 28.7. The summed E-state index contributed by atoms with van der Waals surface area (Å²) >= 11 is 0. The minimum absolute atomic E-state index is 0.573. The molecule has 0 unspecified atom stereocenters. The molecule has 0 radical (unpaired) electrons. The third-order valence-corrected chi connectivity index (χ3v) is 11.5. The molecule has 5 aromatic heterocycles. The zero-order valence-corrected chi connectivity index (χ0v) is 30.7. The van der Waals surface area contributed by atoms with Crippen LogP contribution < -0.4 is 0 Å². The van der Waals surface area contributed by atoms with Crippen molar-refractivity contribution in [2.75, 3.05) is 0 Å². The van der Waals surface area contributed by atoms with E-state index in [1.54, 1.807) is 0 Å². The van der Waals surface area contributed by atoms with Gasteiger partial charge in [0, 0.05) is 48.8 Å². The number of rotatable bonds is 4. The molecule has 0 saturated carbocycles. The molecule has 0 spiro atoms. The normalized spacial score (nSPS) is 12.1. The minimum atomic E-state index is 0.573. The van der Waals surface area contributed by atoms with Crippen LogP contribution in [-0.2, 0) is 0 Å². The maximum Gasteiger partial charge on any atom is 0.180 e. The summed E-state index contributed by atoms with van der Waals surface area (Å²) in [6.45, 7) is 0. The predicted octanol–water partition coefficient (Wildman–Crippen LogP) is 14.7. The second-order valence-corrected chi connectivity index (χ2v) is 14.8. The Morgan fingerprint density at radius 1 is 0.310 bits per heavy atom. The number of furan rings is 4. The van der Waals surface area contributed by atoms with Gasteiger partial charge in [-0.25, -0.2) is 9.97 Å². The zero-order chi connectivity index (χ0) is 37.9. The van der Waals surface area contributed by atoms with E-state index in [2.05, 4.69) is 97.1 Å². The van der Waals surface area contributed by atoms with Crippen LogP contribution in [0.3, 0.4) is 0 Å². The van der Waals surface area contributed by atoms with E-state index in [1.165, 1.54) is 0 Å². The van der Waals surface area contributed by atoms with E-state index < -0.39 is 0 Å². The molecule has 8 aromatic carbocycles. The Labute approximate surface area is 329 Å². The van der Waals surface area contributed by atoms with Crippen LogP contribution in [0.4, 0.5) is 0 Å². The Kier molecular flexibility index (Phi) is 6.35. The molecule has 0 amide bonds. The highest BCUT2D eigenvalue weighted by molar-refractivity contribution is 6.17. The highest BCUT2D eigenvalue weighted by Gasteiger charge is 2.23. The molecule has 13 aromatic rings. The molecule has 13 rings (SSSR count). The number of fused-ring (bicyclic) bond motifs is 12. The number of hydrogen-bond donors (Lipinski definition) is 0. The van der Waals surface area contributed by atoms with Crippen molar-refractivity contribution < 1.29 is 17.7 Å². The molecular weight excluding hydrogens is 717 g/mol. The van der Waals surface area contributed by atoms with Gasteiger partial charge in [0.15, 0.2) is 11.4 Å². The van der Waals surface area contributed by atoms with Crippen molar-refractivity contribution in [3.05, 3.63) is 170 Å². The molecule has 0 aliphatic heterocycles. The number of hydrogen-bond acceptors (Lipinski definition) is 6. The summed E-state index contributed by atoms with van der Waals surface area (Å²) in [6, 6.07) is 58.0. The van der Waals surface area contributed by atoms with E-state index in [4.69, 9.17) is 27.6 Å². The SMILES string of the molecule is c1ccc(-c2ccc3c(c2)oc2c(-c4cccc5oc6ccccc6c45)nc(-c4ccc5c(c4)oc4ccc(-c6cccc7oc8ccccc8c67)cc45)nc23)cc1. The van der Waals surface area contributed by atoms with Gasteiger partial charge in [-0.2, -0.15) is 0 Å². The number of para-hydroxylation sites is 2. The summed E-state index contributed by atoms with van der Waals surface area (Å²) in [7, 11) is 0. The van der Waals surface area contributed by atoms with Crippen LogP contribution in [0, 0.1) is 0 Å². The standard InChI is InChI=1S/C52H28N2O4/c1-2-10-29(11-3-1)30-20-24-37-46(27-30)58-51-49(37)53-52(54-50(51)38-15-9-19-44-48(38)36-13-5-7-17-41(36)56-44)32-21-23-34-39-26-31(22-25-42(39)57-45(34)28-32)33-14-8-18-43-47(33)35-12-4-6-16-40(35)55-43/h1-28H. The average Bonchev–Trinajstić information content (AvgIpc) is 4.05. The maximum atomic E-state index is 6.75. The molecule has 0 aliphatic carbocycles. The van der Waals surface area contributed by atoms with E-state index >= 15 is 0 Å². The second-order valence-electron chi connectivity index (χ2n) is 14.8. The molecule has 5 heterocycles. The van der Waals surface area contributed by atoms with Crippen LogP contribution in [-0.4, -0.2) is 9.97 Å². The van der Waals surface area contributed by atoms with Crippen molar-refractivity contribution in [3.8, 4) is 44.9 Å². The van der Waals surface area contributed by atoms with Crippen LogP contribution >= 0.6 is 0 Å². The van der Waals surface area contributed by atoms with Gasteiger partial charge in [-0.3, -0.25) is 0 Å². The monoisotopic (exact) mass is 744 g/mol. The van der Waals surface area contributed by atoms with Gasteiger partial charge in [-0.05, 0) is 82.9 Å².